The van der Waals surface area contributed by atoms with Gasteiger partial charge in [-0.15, -0.1) is 6.58 Å². The summed E-state index contributed by atoms with van der Waals surface area (Å²) < 4.78 is 19.1. The molecule has 0 bridgehead atoms. The van der Waals surface area contributed by atoms with Crippen LogP contribution in [0.25, 0.3) is 17.0 Å². The van der Waals surface area contributed by atoms with Gasteiger partial charge < -0.3 is 23.7 Å². The molecule has 9 nitrogen and oxygen atoms in total. The Kier molecular flexibility index (Phi) is 12.7. The van der Waals surface area contributed by atoms with Crippen LogP contribution < -0.4 is 0 Å². The number of allylic oxidation sites excluding steroid dienone is 1. The predicted octanol–water partition coefficient (Wildman–Crippen LogP) is 7.42. The van der Waals surface area contributed by atoms with Crippen LogP contribution in [0.15, 0.2) is 43.5 Å². The molecule has 1 amide bonds. The van der Waals surface area contributed by atoms with E-state index in [0.717, 1.165) is 35.4 Å². The number of nitrogens with zero attached hydrogens (tertiary/aromatic N) is 2. The van der Waals surface area contributed by atoms with Crippen LogP contribution in [0.5, 0.6) is 0 Å². The summed E-state index contributed by atoms with van der Waals surface area (Å²) in [6.45, 7) is 24.4. The summed E-state index contributed by atoms with van der Waals surface area (Å²) >= 11 is 0. The van der Waals surface area contributed by atoms with Crippen molar-refractivity contribution in [2.75, 3.05) is 19.8 Å². The normalized spacial score (nSPS) is 17.6. The van der Waals surface area contributed by atoms with E-state index in [1.54, 1.807) is 23.8 Å². The fourth-order valence-electron chi connectivity index (χ4n) is 5.90. The summed E-state index contributed by atoms with van der Waals surface area (Å²) in [5, 5.41) is 0.873. The number of fused-ring (bicyclic) bond motifs is 1. The Morgan fingerprint density at radius 1 is 1.06 bits per heavy atom. The molecule has 1 aromatic carbocycles. The molecule has 0 spiro atoms. The van der Waals surface area contributed by atoms with Crippen molar-refractivity contribution < 1.29 is 33.4 Å². The maximum Gasteiger partial charge on any atom is 0.355 e. The first kappa shape index (κ1) is 38.8. The first-order valence-electron chi connectivity index (χ1n) is 16.9. The molecule has 1 aliphatic rings. The number of aryl methyl sites for hydroxylation is 1. The van der Waals surface area contributed by atoms with Crippen LogP contribution in [0.1, 0.15) is 76.4 Å². The maximum absolute atomic E-state index is 14.3. The molecule has 0 saturated carbocycles. The number of carbonyl (C=O) groups excluding carboxylic acids is 4. The van der Waals surface area contributed by atoms with Crippen molar-refractivity contribution in [3.8, 4) is 0 Å². The van der Waals surface area contributed by atoms with Gasteiger partial charge in [-0.1, -0.05) is 85.1 Å². The summed E-state index contributed by atoms with van der Waals surface area (Å²) in [6.07, 6.45) is 4.41. The Bertz CT molecular complexity index is 1510. The average molecular weight is 681 g/mol. The molecular formula is C38H56N2O7Si. The van der Waals surface area contributed by atoms with Crippen LogP contribution in [0.2, 0.25) is 25.7 Å². The molecule has 1 aliphatic heterocycles. The predicted molar refractivity (Wildman–Crippen MR) is 193 cm³/mol. The molecule has 264 valence electrons. The fourth-order valence-corrected chi connectivity index (χ4v) is 6.62. The van der Waals surface area contributed by atoms with Crippen LogP contribution in [0.4, 0.5) is 0 Å². The van der Waals surface area contributed by atoms with Crippen LogP contribution in [0.3, 0.4) is 0 Å². The van der Waals surface area contributed by atoms with E-state index < -0.39 is 49.5 Å². The molecule has 0 N–H and O–H groups in total. The number of esters is 3. The molecule has 48 heavy (non-hydrogen) atoms. The van der Waals surface area contributed by atoms with Crippen molar-refractivity contribution in [3.05, 3.63) is 54.8 Å². The quantitative estimate of drug-likeness (QED) is 0.0835. The maximum atomic E-state index is 14.3. The third-order valence-electron chi connectivity index (χ3n) is 9.10. The van der Waals surface area contributed by atoms with Gasteiger partial charge in [-0.3, -0.25) is 9.59 Å². The van der Waals surface area contributed by atoms with Gasteiger partial charge in [0.1, 0.15) is 17.8 Å². The van der Waals surface area contributed by atoms with E-state index in [9.17, 15) is 19.2 Å². The molecule has 2 aromatic rings. The number of ether oxygens (including phenoxy) is 3. The number of likely N-dealkylation sites (tertiary alicyclic amines) is 1. The highest BCUT2D eigenvalue weighted by molar-refractivity contribution is 6.76. The minimum absolute atomic E-state index is 0.0103. The number of carbonyl (C=O) groups is 4. The summed E-state index contributed by atoms with van der Waals surface area (Å²) in [4.78, 5) is 56.0. The summed E-state index contributed by atoms with van der Waals surface area (Å²) in [6, 6.07) is 7.35. The molecule has 3 rings (SSSR count). The van der Waals surface area contributed by atoms with Crippen LogP contribution in [0, 0.1) is 16.7 Å². The van der Waals surface area contributed by atoms with Gasteiger partial charge in [0.25, 0.3) is 0 Å². The van der Waals surface area contributed by atoms with E-state index >= 15 is 0 Å². The number of aromatic nitrogens is 1. The average Bonchev–Trinajstić information content (AvgIpc) is 3.57. The number of hydrogen-bond donors (Lipinski definition) is 0. The highest BCUT2D eigenvalue weighted by atomic mass is 28.3. The molecule has 2 heterocycles. The topological polar surface area (TPSA) is 104 Å². The van der Waals surface area contributed by atoms with Gasteiger partial charge in [0, 0.05) is 32.4 Å². The van der Waals surface area contributed by atoms with Crippen molar-refractivity contribution >= 4 is 48.9 Å². The second-order valence-corrected chi connectivity index (χ2v) is 21.7. The number of benzene rings is 1. The van der Waals surface area contributed by atoms with Crippen molar-refractivity contribution in [2.24, 2.45) is 23.8 Å². The Balaban J connectivity index is 1.84. The number of hydrogen-bond acceptors (Lipinski definition) is 7. The standard InChI is InChI=1S/C38H56N2O7Si/c1-12-14-18-38(6,7)25-46-33(41)23-29(37(3,4)5)34(42)40-24-27(21-32(40)35(43)45-19-20-48(9,10)11)47-36(44)31-22-28-26(13-2)16-15-17-30(28)39(31)8/h12-13,15-17,22,27,29,32H,1-2,14,18-21,23-25H2,3-11H3/t27-,29-,32+/m1/s1. The van der Waals surface area contributed by atoms with Gasteiger partial charge in [-0.2, -0.15) is 0 Å². The van der Waals surface area contributed by atoms with E-state index in [2.05, 4.69) is 32.8 Å². The van der Waals surface area contributed by atoms with E-state index in [1.807, 2.05) is 58.9 Å². The minimum Gasteiger partial charge on any atom is -0.465 e. The Labute approximate surface area is 287 Å². The van der Waals surface area contributed by atoms with Crippen LogP contribution >= 0.6 is 0 Å². The van der Waals surface area contributed by atoms with Gasteiger partial charge in [0.2, 0.25) is 5.91 Å². The van der Waals surface area contributed by atoms with Gasteiger partial charge in [-0.05, 0) is 47.4 Å². The lowest BCUT2D eigenvalue weighted by Gasteiger charge is -2.34. The van der Waals surface area contributed by atoms with Crippen molar-refractivity contribution in [2.45, 2.75) is 98.1 Å². The molecule has 1 fully saturated rings. The molecule has 0 aliphatic carbocycles. The second-order valence-electron chi connectivity index (χ2n) is 16.1. The zero-order chi connectivity index (χ0) is 36.0. The highest BCUT2D eigenvalue weighted by Crippen LogP contribution is 2.35. The number of amides is 1. The van der Waals surface area contributed by atoms with Gasteiger partial charge in [0.05, 0.1) is 32.1 Å². The van der Waals surface area contributed by atoms with Crippen LogP contribution in [-0.4, -0.2) is 73.3 Å². The van der Waals surface area contributed by atoms with Crippen molar-refractivity contribution in [3.63, 3.8) is 0 Å². The largest absolute Gasteiger partial charge is 0.465 e. The lowest BCUT2D eigenvalue weighted by molar-refractivity contribution is -0.158. The van der Waals surface area contributed by atoms with Crippen molar-refractivity contribution in [1.82, 2.24) is 9.47 Å². The molecule has 3 atom stereocenters. The third kappa shape index (κ3) is 10.2. The van der Waals surface area contributed by atoms with E-state index in [-0.39, 0.29) is 43.9 Å². The van der Waals surface area contributed by atoms with E-state index in [4.69, 9.17) is 14.2 Å². The van der Waals surface area contributed by atoms with Gasteiger partial charge in [-0.25, -0.2) is 9.59 Å². The molecule has 10 heteroatoms. The van der Waals surface area contributed by atoms with Gasteiger partial charge in [0.15, 0.2) is 0 Å². The first-order valence-corrected chi connectivity index (χ1v) is 20.6. The Hall–Kier alpha value is -3.66. The summed E-state index contributed by atoms with van der Waals surface area (Å²) in [5.41, 5.74) is 1.24. The molecule has 1 aromatic heterocycles. The fraction of sp³-hybridized carbons (Fsp3) is 0.579. The Morgan fingerprint density at radius 2 is 1.75 bits per heavy atom. The van der Waals surface area contributed by atoms with E-state index in [0.29, 0.717) is 5.69 Å². The first-order chi connectivity index (χ1) is 22.3. The monoisotopic (exact) mass is 680 g/mol. The zero-order valence-corrected chi connectivity index (χ0v) is 31.5. The second kappa shape index (κ2) is 15.7. The zero-order valence-electron chi connectivity index (χ0n) is 30.5. The van der Waals surface area contributed by atoms with Gasteiger partial charge >= 0.3 is 17.9 Å². The summed E-state index contributed by atoms with van der Waals surface area (Å²) in [5.74, 6) is -2.69. The Morgan fingerprint density at radius 3 is 2.35 bits per heavy atom. The molecule has 0 unspecified atom stereocenters. The number of rotatable bonds is 15. The summed E-state index contributed by atoms with van der Waals surface area (Å²) in [7, 11) is 0.310. The molecular weight excluding hydrogens is 625 g/mol. The SMILES string of the molecule is C=CCCC(C)(C)COC(=O)C[C@H](C(=O)N1C[C@H](OC(=O)c2cc3c(C=C)cccc3n2C)C[C@H]1C(=O)OCC[Si](C)(C)C)C(C)(C)C. The highest BCUT2D eigenvalue weighted by Gasteiger charge is 2.47. The van der Waals surface area contributed by atoms with E-state index in [1.165, 1.54) is 4.90 Å². The lowest BCUT2D eigenvalue weighted by Crippen LogP contribution is -2.48. The molecule has 1 saturated heterocycles. The smallest absolute Gasteiger partial charge is 0.355 e. The third-order valence-corrected chi connectivity index (χ3v) is 10.8. The lowest BCUT2D eigenvalue weighted by atomic mass is 9.77. The molecule has 0 radical (unpaired) electrons. The van der Waals surface area contributed by atoms with Crippen LogP contribution in [-0.2, 0) is 35.6 Å². The minimum atomic E-state index is -1.48. The van der Waals surface area contributed by atoms with Crippen molar-refractivity contribution in [1.29, 1.82) is 0 Å².